The van der Waals surface area contributed by atoms with Crippen molar-refractivity contribution in [3.63, 3.8) is 0 Å². The second-order valence-corrected chi connectivity index (χ2v) is 5.21. The molecule has 0 unspecified atom stereocenters. The van der Waals surface area contributed by atoms with E-state index in [4.69, 9.17) is 4.74 Å². The standard InChI is InChI=1S/C14H12N2O3S/c1-19-11-5-3-2-4-9(11)8-16-13(17)12-10(6-7-20-12)15-14(16)18/h2-7H,8H2,1H3,(H,15,18). The van der Waals surface area contributed by atoms with Crippen LogP contribution in [0.1, 0.15) is 5.56 Å². The normalized spacial score (nSPS) is 10.8. The van der Waals surface area contributed by atoms with Crippen LogP contribution in [0.15, 0.2) is 45.3 Å². The topological polar surface area (TPSA) is 64.1 Å². The molecule has 3 aromatic rings. The number of nitrogens with zero attached hydrogens (tertiary/aromatic N) is 1. The first-order valence-corrected chi connectivity index (χ1v) is 6.91. The molecule has 0 atom stereocenters. The van der Waals surface area contributed by atoms with Crippen molar-refractivity contribution in [2.45, 2.75) is 6.54 Å². The maximum atomic E-state index is 12.3. The second kappa shape index (κ2) is 4.97. The zero-order chi connectivity index (χ0) is 14.1. The van der Waals surface area contributed by atoms with E-state index in [0.29, 0.717) is 16.0 Å². The Labute approximate surface area is 118 Å². The molecule has 0 amide bonds. The predicted molar refractivity (Wildman–Crippen MR) is 78.8 cm³/mol. The van der Waals surface area contributed by atoms with Gasteiger partial charge in [0.25, 0.3) is 5.56 Å². The number of ether oxygens (including phenoxy) is 1. The highest BCUT2D eigenvalue weighted by molar-refractivity contribution is 7.17. The number of aromatic nitrogens is 2. The molecule has 0 aliphatic heterocycles. The van der Waals surface area contributed by atoms with Gasteiger partial charge in [-0.1, -0.05) is 18.2 Å². The number of methoxy groups -OCH3 is 1. The Morgan fingerprint density at radius 1 is 1.25 bits per heavy atom. The third-order valence-corrected chi connectivity index (χ3v) is 4.01. The Morgan fingerprint density at radius 3 is 2.85 bits per heavy atom. The van der Waals surface area contributed by atoms with Crippen molar-refractivity contribution in [2.75, 3.05) is 7.11 Å². The van der Waals surface area contributed by atoms with Crippen LogP contribution in [0.5, 0.6) is 5.75 Å². The van der Waals surface area contributed by atoms with E-state index in [1.54, 1.807) is 24.6 Å². The van der Waals surface area contributed by atoms with Crippen LogP contribution in [0, 0.1) is 0 Å². The number of H-pyrrole nitrogens is 1. The molecular weight excluding hydrogens is 276 g/mol. The fourth-order valence-corrected chi connectivity index (χ4v) is 2.92. The van der Waals surface area contributed by atoms with Gasteiger partial charge in [-0.25, -0.2) is 4.79 Å². The average Bonchev–Trinajstić information content (AvgIpc) is 2.92. The maximum Gasteiger partial charge on any atom is 0.329 e. The molecule has 0 fully saturated rings. The van der Waals surface area contributed by atoms with Gasteiger partial charge in [-0.15, -0.1) is 11.3 Å². The molecule has 2 heterocycles. The van der Waals surface area contributed by atoms with Gasteiger partial charge in [-0.05, 0) is 17.5 Å². The lowest BCUT2D eigenvalue weighted by Gasteiger charge is -2.09. The highest BCUT2D eigenvalue weighted by atomic mass is 32.1. The van der Waals surface area contributed by atoms with Gasteiger partial charge in [0.1, 0.15) is 10.4 Å². The van der Waals surface area contributed by atoms with Crippen LogP contribution >= 0.6 is 11.3 Å². The minimum absolute atomic E-state index is 0.187. The van der Waals surface area contributed by atoms with Crippen molar-refractivity contribution < 1.29 is 4.74 Å². The number of aromatic amines is 1. The van der Waals surface area contributed by atoms with Crippen LogP contribution in [-0.4, -0.2) is 16.7 Å². The summed E-state index contributed by atoms with van der Waals surface area (Å²) in [5, 5.41) is 1.79. The predicted octanol–water partition coefficient (Wildman–Crippen LogP) is 1.81. The number of benzene rings is 1. The van der Waals surface area contributed by atoms with Crippen LogP contribution in [0.25, 0.3) is 10.2 Å². The number of rotatable bonds is 3. The lowest BCUT2D eigenvalue weighted by molar-refractivity contribution is 0.408. The highest BCUT2D eigenvalue weighted by Gasteiger charge is 2.11. The van der Waals surface area contributed by atoms with Crippen molar-refractivity contribution in [1.29, 1.82) is 0 Å². The Balaban J connectivity index is 2.15. The molecule has 0 bridgehead atoms. The molecule has 102 valence electrons. The zero-order valence-corrected chi connectivity index (χ0v) is 11.6. The van der Waals surface area contributed by atoms with E-state index >= 15 is 0 Å². The molecule has 0 spiro atoms. The highest BCUT2D eigenvalue weighted by Crippen LogP contribution is 2.18. The van der Waals surface area contributed by atoms with E-state index in [0.717, 1.165) is 5.56 Å². The Bertz CT molecular complexity index is 876. The SMILES string of the molecule is COc1ccccc1Cn1c(=O)[nH]c2ccsc2c1=O. The van der Waals surface area contributed by atoms with Crippen molar-refractivity contribution in [3.05, 3.63) is 62.1 Å². The monoisotopic (exact) mass is 288 g/mol. The first-order valence-electron chi connectivity index (χ1n) is 6.03. The third-order valence-electron chi connectivity index (χ3n) is 3.11. The summed E-state index contributed by atoms with van der Waals surface area (Å²) < 4.78 is 6.99. The summed E-state index contributed by atoms with van der Waals surface area (Å²) in [5.74, 6) is 0.657. The van der Waals surface area contributed by atoms with E-state index in [2.05, 4.69) is 4.98 Å². The summed E-state index contributed by atoms with van der Waals surface area (Å²) in [7, 11) is 1.56. The molecule has 0 saturated heterocycles. The summed E-state index contributed by atoms with van der Waals surface area (Å²) in [6, 6.07) is 9.07. The molecule has 20 heavy (non-hydrogen) atoms. The van der Waals surface area contributed by atoms with E-state index < -0.39 is 5.69 Å². The first kappa shape index (κ1) is 12.7. The molecule has 5 nitrogen and oxygen atoms in total. The van der Waals surface area contributed by atoms with E-state index in [1.807, 2.05) is 18.2 Å². The fourth-order valence-electron chi connectivity index (χ4n) is 2.12. The van der Waals surface area contributed by atoms with Crippen molar-refractivity contribution in [3.8, 4) is 5.75 Å². The van der Waals surface area contributed by atoms with Gasteiger partial charge >= 0.3 is 5.69 Å². The number of fused-ring (bicyclic) bond motifs is 1. The molecule has 3 rings (SSSR count). The van der Waals surface area contributed by atoms with Gasteiger partial charge in [0.05, 0.1) is 19.2 Å². The van der Waals surface area contributed by atoms with Crippen molar-refractivity contribution in [1.82, 2.24) is 9.55 Å². The van der Waals surface area contributed by atoms with Crippen LogP contribution < -0.4 is 16.0 Å². The molecule has 0 aliphatic rings. The second-order valence-electron chi connectivity index (χ2n) is 4.30. The van der Waals surface area contributed by atoms with Gasteiger partial charge in [0.2, 0.25) is 0 Å². The van der Waals surface area contributed by atoms with Crippen LogP contribution in [0.2, 0.25) is 0 Å². The zero-order valence-electron chi connectivity index (χ0n) is 10.8. The number of para-hydroxylation sites is 1. The van der Waals surface area contributed by atoms with Crippen molar-refractivity contribution in [2.24, 2.45) is 0 Å². The Kier molecular flexibility index (Phi) is 3.15. The molecule has 0 saturated carbocycles. The van der Waals surface area contributed by atoms with Crippen molar-refractivity contribution >= 4 is 21.6 Å². The summed E-state index contributed by atoms with van der Waals surface area (Å²) in [5.41, 5.74) is 0.691. The number of thiophene rings is 1. The minimum Gasteiger partial charge on any atom is -0.496 e. The Morgan fingerprint density at radius 2 is 2.05 bits per heavy atom. The quantitative estimate of drug-likeness (QED) is 0.799. The van der Waals surface area contributed by atoms with Gasteiger partial charge < -0.3 is 9.72 Å². The summed E-state index contributed by atoms with van der Waals surface area (Å²) in [6.07, 6.45) is 0. The first-order chi connectivity index (χ1) is 9.70. The molecule has 1 N–H and O–H groups in total. The molecule has 1 aromatic carbocycles. The molecule has 0 radical (unpaired) electrons. The fraction of sp³-hybridized carbons (Fsp3) is 0.143. The lowest BCUT2D eigenvalue weighted by atomic mass is 10.2. The largest absolute Gasteiger partial charge is 0.496 e. The van der Waals surface area contributed by atoms with Crippen LogP contribution in [0.3, 0.4) is 0 Å². The lowest BCUT2D eigenvalue weighted by Crippen LogP contribution is -2.34. The minimum atomic E-state index is -0.410. The average molecular weight is 288 g/mol. The molecule has 6 heteroatoms. The summed E-state index contributed by atoms with van der Waals surface area (Å²) >= 11 is 1.32. The Hall–Kier alpha value is -2.34. The van der Waals surface area contributed by atoms with Gasteiger partial charge in [0, 0.05) is 5.56 Å². The van der Waals surface area contributed by atoms with Crippen LogP contribution in [0.4, 0.5) is 0 Å². The number of hydrogen-bond donors (Lipinski definition) is 1. The molecular formula is C14H12N2O3S. The summed E-state index contributed by atoms with van der Waals surface area (Å²) in [4.78, 5) is 27.1. The number of hydrogen-bond acceptors (Lipinski definition) is 4. The third kappa shape index (κ3) is 2.04. The van der Waals surface area contributed by atoms with Gasteiger partial charge in [0.15, 0.2) is 0 Å². The molecule has 0 aliphatic carbocycles. The summed E-state index contributed by atoms with van der Waals surface area (Å²) in [6.45, 7) is 0.187. The molecule has 2 aromatic heterocycles. The van der Waals surface area contributed by atoms with E-state index in [-0.39, 0.29) is 12.1 Å². The van der Waals surface area contributed by atoms with Crippen LogP contribution in [-0.2, 0) is 6.54 Å². The van der Waals surface area contributed by atoms with E-state index in [1.165, 1.54) is 15.9 Å². The van der Waals surface area contributed by atoms with E-state index in [9.17, 15) is 9.59 Å². The van der Waals surface area contributed by atoms with Gasteiger partial charge in [-0.2, -0.15) is 0 Å². The van der Waals surface area contributed by atoms with Gasteiger partial charge in [-0.3, -0.25) is 9.36 Å². The maximum absolute atomic E-state index is 12.3. The smallest absolute Gasteiger partial charge is 0.329 e. The number of nitrogens with one attached hydrogen (secondary N) is 1.